The number of ether oxygens (including phenoxy) is 1. The smallest absolute Gasteiger partial charge is 0.258 e. The number of hydrogen-bond donors (Lipinski definition) is 1. The van der Waals surface area contributed by atoms with E-state index in [9.17, 15) is 4.79 Å². The van der Waals surface area contributed by atoms with Crippen molar-refractivity contribution in [2.24, 2.45) is 0 Å². The molecule has 0 fully saturated rings. The molecule has 0 radical (unpaired) electrons. The zero-order valence-corrected chi connectivity index (χ0v) is 14.3. The summed E-state index contributed by atoms with van der Waals surface area (Å²) in [6, 6.07) is 16.8. The molecule has 0 aliphatic rings. The number of amides is 1. The number of hydrogen-bond acceptors (Lipinski definition) is 3. The lowest BCUT2D eigenvalue weighted by molar-refractivity contribution is -0.123. The Hall–Kier alpha value is -2.79. The van der Waals surface area contributed by atoms with E-state index in [1.165, 1.54) is 0 Å². The second-order valence-corrected chi connectivity index (χ2v) is 5.93. The van der Waals surface area contributed by atoms with Gasteiger partial charge in [-0.25, -0.2) is 0 Å². The number of nitrogens with zero attached hydrogens (tertiary/aromatic N) is 2. The van der Waals surface area contributed by atoms with E-state index in [1.807, 2.05) is 41.2 Å². The summed E-state index contributed by atoms with van der Waals surface area (Å²) in [5, 5.41) is 7.73. The van der Waals surface area contributed by atoms with E-state index in [4.69, 9.17) is 16.3 Å². The quantitative estimate of drug-likeness (QED) is 0.707. The zero-order chi connectivity index (χ0) is 17.5. The molecule has 0 atom stereocenters. The SMILES string of the molecule is O=C(COc1ccc(Cl)cc1)NCc1ccccc1Cn1cccn1. The Labute approximate surface area is 151 Å². The molecule has 1 heterocycles. The van der Waals surface area contributed by atoms with Crippen LogP contribution in [0, 0.1) is 0 Å². The van der Waals surface area contributed by atoms with Gasteiger partial charge >= 0.3 is 0 Å². The van der Waals surface area contributed by atoms with Crippen LogP contribution in [-0.4, -0.2) is 22.3 Å². The van der Waals surface area contributed by atoms with Crippen LogP contribution in [-0.2, 0) is 17.9 Å². The van der Waals surface area contributed by atoms with E-state index >= 15 is 0 Å². The Bertz CT molecular complexity index is 817. The monoisotopic (exact) mass is 355 g/mol. The number of carbonyl (C=O) groups excluding carboxylic acids is 1. The Morgan fingerprint density at radius 1 is 1.08 bits per heavy atom. The molecule has 25 heavy (non-hydrogen) atoms. The summed E-state index contributed by atoms with van der Waals surface area (Å²) < 4.78 is 7.29. The summed E-state index contributed by atoms with van der Waals surface area (Å²) in [7, 11) is 0. The van der Waals surface area contributed by atoms with Gasteiger partial charge in [0.1, 0.15) is 5.75 Å². The Morgan fingerprint density at radius 2 is 1.84 bits per heavy atom. The Kier molecular flexibility index (Phi) is 5.69. The van der Waals surface area contributed by atoms with E-state index < -0.39 is 0 Å². The summed E-state index contributed by atoms with van der Waals surface area (Å²) in [6.07, 6.45) is 3.66. The zero-order valence-electron chi connectivity index (χ0n) is 13.6. The second kappa shape index (κ2) is 8.35. The highest BCUT2D eigenvalue weighted by atomic mass is 35.5. The maximum absolute atomic E-state index is 12.0. The molecule has 3 aromatic rings. The molecular weight excluding hydrogens is 338 g/mol. The molecule has 0 aliphatic carbocycles. The first-order valence-corrected chi connectivity index (χ1v) is 8.28. The number of aromatic nitrogens is 2. The minimum Gasteiger partial charge on any atom is -0.484 e. The molecule has 0 bridgehead atoms. The molecule has 0 spiro atoms. The fraction of sp³-hybridized carbons (Fsp3) is 0.158. The van der Waals surface area contributed by atoms with Crippen molar-refractivity contribution in [2.45, 2.75) is 13.1 Å². The van der Waals surface area contributed by atoms with Crippen molar-refractivity contribution in [2.75, 3.05) is 6.61 Å². The van der Waals surface area contributed by atoms with Crippen molar-refractivity contribution in [1.29, 1.82) is 0 Å². The maximum Gasteiger partial charge on any atom is 0.258 e. The van der Waals surface area contributed by atoms with Crippen LogP contribution in [0.1, 0.15) is 11.1 Å². The highest BCUT2D eigenvalue weighted by molar-refractivity contribution is 6.30. The highest BCUT2D eigenvalue weighted by Crippen LogP contribution is 2.15. The molecule has 1 N–H and O–H groups in total. The van der Waals surface area contributed by atoms with Crippen molar-refractivity contribution >= 4 is 17.5 Å². The van der Waals surface area contributed by atoms with Crippen molar-refractivity contribution < 1.29 is 9.53 Å². The molecule has 0 unspecified atom stereocenters. The number of benzene rings is 2. The highest BCUT2D eigenvalue weighted by Gasteiger charge is 2.06. The van der Waals surface area contributed by atoms with Crippen molar-refractivity contribution in [3.8, 4) is 5.75 Å². The third kappa shape index (κ3) is 5.09. The van der Waals surface area contributed by atoms with Crippen LogP contribution >= 0.6 is 11.6 Å². The Balaban J connectivity index is 1.52. The lowest BCUT2D eigenvalue weighted by atomic mass is 10.1. The molecule has 128 valence electrons. The topological polar surface area (TPSA) is 56.1 Å². The van der Waals surface area contributed by atoms with Gasteiger partial charge in [-0.1, -0.05) is 35.9 Å². The van der Waals surface area contributed by atoms with Gasteiger partial charge in [0.15, 0.2) is 6.61 Å². The predicted molar refractivity (Wildman–Crippen MR) is 96.6 cm³/mol. The molecule has 2 aromatic carbocycles. The van der Waals surface area contributed by atoms with Crippen molar-refractivity contribution in [3.05, 3.63) is 83.1 Å². The third-order valence-corrected chi connectivity index (χ3v) is 3.92. The van der Waals surface area contributed by atoms with Crippen LogP contribution in [0.3, 0.4) is 0 Å². The van der Waals surface area contributed by atoms with E-state index in [0.29, 0.717) is 23.9 Å². The predicted octanol–water partition coefficient (Wildman–Crippen LogP) is 3.28. The van der Waals surface area contributed by atoms with Gasteiger partial charge in [-0.2, -0.15) is 5.10 Å². The summed E-state index contributed by atoms with van der Waals surface area (Å²) >= 11 is 5.82. The molecule has 0 aliphatic heterocycles. The van der Waals surface area contributed by atoms with Crippen molar-refractivity contribution in [3.63, 3.8) is 0 Å². The van der Waals surface area contributed by atoms with Crippen LogP contribution in [0.15, 0.2) is 67.0 Å². The third-order valence-electron chi connectivity index (χ3n) is 3.67. The number of rotatable bonds is 7. The van der Waals surface area contributed by atoms with Crippen LogP contribution in [0.4, 0.5) is 0 Å². The standard InChI is InChI=1S/C19H18ClN3O2/c20-17-6-8-18(9-7-17)25-14-19(24)21-12-15-4-1-2-5-16(15)13-23-11-3-10-22-23/h1-11H,12-14H2,(H,21,24). The summed E-state index contributed by atoms with van der Waals surface area (Å²) in [5.74, 6) is 0.433. The second-order valence-electron chi connectivity index (χ2n) is 5.49. The molecule has 1 amide bonds. The molecule has 0 saturated carbocycles. The number of carbonyl (C=O) groups is 1. The van der Waals surface area contributed by atoms with E-state index in [1.54, 1.807) is 30.5 Å². The van der Waals surface area contributed by atoms with Gasteiger partial charge in [-0.3, -0.25) is 9.48 Å². The molecule has 6 heteroatoms. The van der Waals surface area contributed by atoms with Crippen LogP contribution in [0.2, 0.25) is 5.02 Å². The van der Waals surface area contributed by atoms with Crippen LogP contribution < -0.4 is 10.1 Å². The summed E-state index contributed by atoms with van der Waals surface area (Å²) in [6.45, 7) is 1.07. The maximum atomic E-state index is 12.0. The van der Waals surface area contributed by atoms with Gasteiger partial charge in [-0.05, 0) is 41.5 Å². The first kappa shape index (κ1) is 17.0. The average molecular weight is 356 g/mol. The molecule has 3 rings (SSSR count). The summed E-state index contributed by atoms with van der Waals surface area (Å²) in [4.78, 5) is 12.0. The lowest BCUT2D eigenvalue weighted by Crippen LogP contribution is -2.28. The average Bonchev–Trinajstić information content (AvgIpc) is 3.13. The fourth-order valence-corrected chi connectivity index (χ4v) is 2.50. The molecule has 5 nitrogen and oxygen atoms in total. The van der Waals surface area contributed by atoms with Gasteiger partial charge < -0.3 is 10.1 Å². The van der Waals surface area contributed by atoms with Crippen LogP contribution in [0.5, 0.6) is 5.75 Å². The molecular formula is C19H18ClN3O2. The van der Waals surface area contributed by atoms with E-state index in [0.717, 1.165) is 11.1 Å². The van der Waals surface area contributed by atoms with Gasteiger partial charge in [-0.15, -0.1) is 0 Å². The minimum absolute atomic E-state index is 0.0387. The van der Waals surface area contributed by atoms with Gasteiger partial charge in [0.25, 0.3) is 5.91 Å². The number of nitrogens with one attached hydrogen (secondary N) is 1. The number of halogens is 1. The van der Waals surface area contributed by atoms with Gasteiger partial charge in [0, 0.05) is 24.0 Å². The normalized spacial score (nSPS) is 10.4. The molecule has 0 saturated heterocycles. The first-order valence-electron chi connectivity index (χ1n) is 7.90. The largest absolute Gasteiger partial charge is 0.484 e. The fourth-order valence-electron chi connectivity index (χ4n) is 2.38. The van der Waals surface area contributed by atoms with Crippen molar-refractivity contribution in [1.82, 2.24) is 15.1 Å². The van der Waals surface area contributed by atoms with E-state index in [-0.39, 0.29) is 12.5 Å². The van der Waals surface area contributed by atoms with Crippen LogP contribution in [0.25, 0.3) is 0 Å². The van der Waals surface area contributed by atoms with Gasteiger partial charge in [0.2, 0.25) is 0 Å². The minimum atomic E-state index is -0.177. The summed E-state index contributed by atoms with van der Waals surface area (Å²) in [5.41, 5.74) is 2.17. The molecule has 1 aromatic heterocycles. The Morgan fingerprint density at radius 3 is 2.56 bits per heavy atom. The van der Waals surface area contributed by atoms with E-state index in [2.05, 4.69) is 10.4 Å². The van der Waals surface area contributed by atoms with Gasteiger partial charge in [0.05, 0.1) is 6.54 Å². The first-order chi connectivity index (χ1) is 12.2. The lowest BCUT2D eigenvalue weighted by Gasteiger charge is -2.11.